The van der Waals surface area contributed by atoms with Gasteiger partial charge in [-0.25, -0.2) is 0 Å². The lowest BCUT2D eigenvalue weighted by Crippen LogP contribution is -2.76. The second-order valence-corrected chi connectivity index (χ2v) is 9.15. The number of hydrogen-bond acceptors (Lipinski definition) is 1. The molecule has 0 heterocycles. The molecule has 0 spiro atoms. The molecule has 0 atom stereocenters. The molecule has 0 N–H and O–H groups in total. The molecule has 0 aromatic carbocycles. The molecule has 0 saturated heterocycles. The number of rotatable bonds is 16. The third kappa shape index (κ3) is 6.12. The van der Waals surface area contributed by atoms with Gasteiger partial charge in [-0.05, 0) is 12.8 Å². The number of unbranched alkanes of at least 4 members (excludes halogenated alkanes) is 1. The Hall–Kier alpha value is -2.26. The highest BCUT2D eigenvalue weighted by molar-refractivity contribution is 5.92. The number of halogens is 21. The van der Waals surface area contributed by atoms with Gasteiger partial charge >= 0.3 is 59.5 Å². The first-order chi connectivity index (χ1) is 19.1. The van der Waals surface area contributed by atoms with E-state index in [1.54, 1.807) is 0 Å². The molecule has 0 fully saturated rings. The SMILES string of the molecule is C=C(CC)C(=O)N(CCCC)CCC(F)(F)C(F)(F)C(F)(F)C(F)(F)C(F)(F)C(F)(F)C(F)(F)C(F)(F)C(F)(F)C(F)(F)F. The van der Waals surface area contributed by atoms with Gasteiger partial charge in [-0.15, -0.1) is 0 Å². The predicted octanol–water partition coefficient (Wildman–Crippen LogP) is 9.25. The van der Waals surface area contributed by atoms with Crippen LogP contribution in [0.5, 0.6) is 0 Å². The number of carbonyl (C=O) groups is 1. The molecule has 262 valence electrons. The van der Waals surface area contributed by atoms with Gasteiger partial charge in [-0.1, -0.05) is 26.8 Å². The van der Waals surface area contributed by atoms with Crippen molar-refractivity contribution >= 4 is 5.91 Å². The topological polar surface area (TPSA) is 20.3 Å². The molecule has 23 heteroatoms. The molecule has 0 aliphatic heterocycles. The fraction of sp³-hybridized carbons (Fsp3) is 0.857. The van der Waals surface area contributed by atoms with Gasteiger partial charge in [0, 0.05) is 25.1 Å². The van der Waals surface area contributed by atoms with Crippen molar-refractivity contribution in [1.29, 1.82) is 0 Å². The third-order valence-corrected chi connectivity index (χ3v) is 6.07. The Balaban J connectivity index is 6.85. The molecule has 0 radical (unpaired) electrons. The van der Waals surface area contributed by atoms with Crippen LogP contribution in [0.1, 0.15) is 39.5 Å². The smallest absolute Gasteiger partial charge is 0.339 e. The quantitative estimate of drug-likeness (QED) is 0.116. The van der Waals surface area contributed by atoms with Gasteiger partial charge in [-0.2, -0.15) is 92.2 Å². The van der Waals surface area contributed by atoms with Gasteiger partial charge in [0.25, 0.3) is 0 Å². The summed E-state index contributed by atoms with van der Waals surface area (Å²) in [5, 5.41) is 0. The van der Waals surface area contributed by atoms with E-state index in [0.717, 1.165) is 0 Å². The van der Waals surface area contributed by atoms with E-state index in [1.165, 1.54) is 13.8 Å². The van der Waals surface area contributed by atoms with Crippen LogP contribution in [-0.4, -0.2) is 83.4 Å². The Labute approximate surface area is 233 Å². The van der Waals surface area contributed by atoms with Crippen LogP contribution in [0.15, 0.2) is 12.2 Å². The first kappa shape index (κ1) is 41.7. The first-order valence-corrected chi connectivity index (χ1v) is 11.5. The first-order valence-electron chi connectivity index (χ1n) is 11.5. The highest BCUT2D eigenvalue weighted by Gasteiger charge is 2.97. The Bertz CT molecular complexity index is 1030. The summed E-state index contributed by atoms with van der Waals surface area (Å²) < 4.78 is 283. The summed E-state index contributed by atoms with van der Waals surface area (Å²) >= 11 is 0. The van der Waals surface area contributed by atoms with Crippen LogP contribution in [0, 0.1) is 0 Å². The Kier molecular flexibility index (Phi) is 11.5. The van der Waals surface area contributed by atoms with Crippen molar-refractivity contribution in [2.24, 2.45) is 0 Å². The second kappa shape index (κ2) is 12.2. The zero-order valence-corrected chi connectivity index (χ0v) is 21.7. The van der Waals surface area contributed by atoms with E-state index in [4.69, 9.17) is 0 Å². The van der Waals surface area contributed by atoms with Crippen LogP contribution < -0.4 is 0 Å². The van der Waals surface area contributed by atoms with Crippen LogP contribution in [-0.2, 0) is 4.79 Å². The summed E-state index contributed by atoms with van der Waals surface area (Å²) in [6.45, 7) is 3.45. The van der Waals surface area contributed by atoms with Crippen molar-refractivity contribution in [3.05, 3.63) is 12.2 Å². The van der Waals surface area contributed by atoms with Gasteiger partial charge < -0.3 is 4.90 Å². The Morgan fingerprint density at radius 2 is 0.841 bits per heavy atom. The minimum atomic E-state index is -9.21. The van der Waals surface area contributed by atoms with Gasteiger partial charge in [-0.3, -0.25) is 4.79 Å². The highest BCUT2D eigenvalue weighted by Crippen LogP contribution is 2.66. The van der Waals surface area contributed by atoms with E-state index in [-0.39, 0.29) is 24.2 Å². The van der Waals surface area contributed by atoms with Crippen LogP contribution in [0.3, 0.4) is 0 Å². The summed E-state index contributed by atoms with van der Waals surface area (Å²) in [4.78, 5) is 12.4. The zero-order chi connectivity index (χ0) is 36.0. The molecule has 0 aliphatic carbocycles. The van der Waals surface area contributed by atoms with Crippen molar-refractivity contribution in [2.45, 2.75) is 99.0 Å². The maximum Gasteiger partial charge on any atom is 0.460 e. The lowest BCUT2D eigenvalue weighted by atomic mass is 9.86. The second-order valence-electron chi connectivity index (χ2n) is 9.15. The Morgan fingerprint density at radius 1 is 0.523 bits per heavy atom. The molecule has 0 aromatic heterocycles. The van der Waals surface area contributed by atoms with E-state index >= 15 is 0 Å². The zero-order valence-electron chi connectivity index (χ0n) is 21.7. The minimum absolute atomic E-state index is 0.105. The largest absolute Gasteiger partial charge is 0.460 e. The molecule has 0 aromatic rings. The summed E-state index contributed by atoms with van der Waals surface area (Å²) in [6.07, 6.45) is -11.1. The lowest BCUT2D eigenvalue weighted by molar-refractivity contribution is -0.474. The summed E-state index contributed by atoms with van der Waals surface area (Å²) in [6, 6.07) is 0. The molecule has 0 saturated carbocycles. The molecule has 0 rings (SSSR count). The van der Waals surface area contributed by atoms with Crippen molar-refractivity contribution in [3.63, 3.8) is 0 Å². The number of amides is 1. The van der Waals surface area contributed by atoms with Crippen LogP contribution in [0.4, 0.5) is 92.2 Å². The molecule has 0 unspecified atom stereocenters. The average Bonchev–Trinajstić information content (AvgIpc) is 2.86. The van der Waals surface area contributed by atoms with Crippen molar-refractivity contribution in [2.75, 3.05) is 13.1 Å². The highest BCUT2D eigenvalue weighted by atomic mass is 19.4. The van der Waals surface area contributed by atoms with Crippen LogP contribution in [0.25, 0.3) is 0 Å². The number of alkyl halides is 21. The minimum Gasteiger partial charge on any atom is -0.339 e. The van der Waals surface area contributed by atoms with Crippen LogP contribution >= 0.6 is 0 Å². The molecule has 2 nitrogen and oxygen atoms in total. The molecule has 1 amide bonds. The van der Waals surface area contributed by atoms with Crippen LogP contribution in [0.2, 0.25) is 0 Å². The van der Waals surface area contributed by atoms with Gasteiger partial charge in [0.05, 0.1) is 0 Å². The normalized spacial score (nSPS) is 15.4. The van der Waals surface area contributed by atoms with Gasteiger partial charge in [0.15, 0.2) is 0 Å². The van der Waals surface area contributed by atoms with Gasteiger partial charge in [0.1, 0.15) is 0 Å². The fourth-order valence-electron chi connectivity index (χ4n) is 3.06. The molecular formula is C21H20F21NO. The maximum absolute atomic E-state index is 14.2. The van der Waals surface area contributed by atoms with E-state index in [1.807, 2.05) is 0 Å². The molecule has 0 bridgehead atoms. The standard InChI is InChI=1S/C21H20F21NO/c1-4-6-8-43(11(44)10(3)5-2)9-7-12(22,23)13(24,25)14(26,27)15(28,29)16(30,31)17(32,33)18(34,35)19(36,37)20(38,39)21(40,41)42/h3-9H2,1-2H3. The van der Waals surface area contributed by atoms with E-state index in [2.05, 4.69) is 6.58 Å². The van der Waals surface area contributed by atoms with Gasteiger partial charge in [0.2, 0.25) is 5.91 Å². The summed E-state index contributed by atoms with van der Waals surface area (Å²) in [5.74, 6) is -78.6. The van der Waals surface area contributed by atoms with Crippen molar-refractivity contribution in [1.82, 2.24) is 4.90 Å². The molecular weight excluding hydrogens is 681 g/mol. The molecule has 44 heavy (non-hydrogen) atoms. The van der Waals surface area contributed by atoms with E-state index in [9.17, 15) is 97.0 Å². The van der Waals surface area contributed by atoms with Crippen molar-refractivity contribution < 1.29 is 97.0 Å². The number of carbonyl (C=O) groups excluding carboxylic acids is 1. The lowest BCUT2D eigenvalue weighted by Gasteiger charge is -2.44. The fourth-order valence-corrected chi connectivity index (χ4v) is 3.06. The summed E-state index contributed by atoms with van der Waals surface area (Å²) in [5.41, 5.74) is -0.413. The monoisotopic (exact) mass is 701 g/mol. The average molecular weight is 701 g/mol. The Morgan fingerprint density at radius 3 is 1.14 bits per heavy atom. The summed E-state index contributed by atoms with van der Waals surface area (Å²) in [7, 11) is 0. The van der Waals surface area contributed by atoms with E-state index in [0.29, 0.717) is 0 Å². The molecule has 0 aliphatic rings. The van der Waals surface area contributed by atoms with E-state index < -0.39 is 90.5 Å². The number of nitrogens with zero attached hydrogens (tertiary/aromatic N) is 1. The third-order valence-electron chi connectivity index (χ3n) is 6.07. The maximum atomic E-state index is 14.2. The number of hydrogen-bond donors (Lipinski definition) is 0. The van der Waals surface area contributed by atoms with Crippen molar-refractivity contribution in [3.8, 4) is 0 Å². The predicted molar refractivity (Wildman–Crippen MR) is 106 cm³/mol.